The minimum absolute atomic E-state index is 0.0383. The lowest BCUT2D eigenvalue weighted by molar-refractivity contribution is -0.384. The van der Waals surface area contributed by atoms with Gasteiger partial charge in [0.1, 0.15) is 17.9 Å². The molecule has 1 fully saturated rings. The Morgan fingerprint density at radius 3 is 2.06 bits per heavy atom. The molecule has 0 spiro atoms. The summed E-state index contributed by atoms with van der Waals surface area (Å²) in [5.74, 6) is -1.14. The summed E-state index contributed by atoms with van der Waals surface area (Å²) in [6.07, 6.45) is 3.16. The number of ether oxygens (including phenoxy) is 1. The largest absolute Gasteiger partial charge is 0.487 e. The lowest BCUT2D eigenvalue weighted by Crippen LogP contribution is -2.54. The highest BCUT2D eigenvalue weighted by atomic mass is 35.5. The second-order valence-corrected chi connectivity index (χ2v) is 13.7. The van der Waals surface area contributed by atoms with E-state index in [1.54, 1.807) is 30.3 Å². The number of nitro groups is 1. The number of barbiturate groups is 1. The third kappa shape index (κ3) is 6.53. The number of urea groups is 1. The fraction of sp³-hybridized carbons (Fsp3) is 0.167. The highest BCUT2D eigenvalue weighted by molar-refractivity contribution is 6.39. The minimum Gasteiger partial charge on any atom is -0.487 e. The van der Waals surface area contributed by atoms with Gasteiger partial charge in [-0.15, -0.1) is 0 Å². The zero-order chi connectivity index (χ0) is 36.6. The molecule has 5 aromatic rings. The van der Waals surface area contributed by atoms with Gasteiger partial charge in [0.15, 0.2) is 0 Å². The van der Waals surface area contributed by atoms with E-state index in [2.05, 4.69) is 34.5 Å². The summed E-state index contributed by atoms with van der Waals surface area (Å²) >= 11 is 6.55. The average molecular weight is 725 g/mol. The molecule has 5 aromatic carbocycles. The molecule has 0 unspecified atom stereocenters. The topological polar surface area (TPSA) is 122 Å². The highest BCUT2D eigenvalue weighted by Crippen LogP contribution is 2.50. The van der Waals surface area contributed by atoms with Crippen LogP contribution >= 0.6 is 11.6 Å². The van der Waals surface area contributed by atoms with Crippen molar-refractivity contribution in [2.24, 2.45) is 0 Å². The lowest BCUT2D eigenvalue weighted by atomic mass is 9.76. The number of rotatable bonds is 8. The van der Waals surface area contributed by atoms with Crippen LogP contribution < -0.4 is 19.9 Å². The molecule has 3 aliphatic rings. The van der Waals surface area contributed by atoms with Gasteiger partial charge in [-0.2, -0.15) is 0 Å². The van der Waals surface area contributed by atoms with Gasteiger partial charge >= 0.3 is 6.03 Å². The average Bonchev–Trinajstić information content (AvgIpc) is 3.17. The van der Waals surface area contributed by atoms with E-state index in [4.69, 9.17) is 16.3 Å². The second-order valence-electron chi connectivity index (χ2n) is 13.3. The van der Waals surface area contributed by atoms with Crippen LogP contribution in [0.1, 0.15) is 58.1 Å². The van der Waals surface area contributed by atoms with Crippen LogP contribution in [-0.2, 0) is 16.2 Å². The number of halogens is 1. The van der Waals surface area contributed by atoms with Gasteiger partial charge in [0, 0.05) is 42.7 Å². The zero-order valence-corrected chi connectivity index (χ0v) is 29.2. The molecule has 3 heterocycles. The standard InChI is InChI=1S/C42H33ClN4O6/c43-37-22-26(14-15-38(37)53-25-27-8-7-13-30(20-27)47(51)52)21-36-40(48)44-42(50)46(41(36)49)31-23-34-32(28-9-3-1-4-10-28)16-18-45-19-17-33(35(24-31)39(34)45)29-11-5-2-6-12-29/h1-15,20-24,32-33H,16-19,25H2,(H,44,48,50)/b36-21+/t32-,33+. The first kappa shape index (κ1) is 33.9. The molecular formula is C42H33ClN4O6. The van der Waals surface area contributed by atoms with Crippen molar-refractivity contribution >= 4 is 52.6 Å². The summed E-state index contributed by atoms with van der Waals surface area (Å²) in [6.45, 7) is 1.83. The van der Waals surface area contributed by atoms with Gasteiger partial charge in [0.2, 0.25) is 0 Å². The first-order valence-corrected chi connectivity index (χ1v) is 17.7. The van der Waals surface area contributed by atoms with Crippen molar-refractivity contribution in [3.8, 4) is 5.75 Å². The van der Waals surface area contributed by atoms with Crippen LogP contribution in [0.4, 0.5) is 21.9 Å². The molecule has 0 bridgehead atoms. The number of amides is 4. The molecule has 10 nitrogen and oxygen atoms in total. The van der Waals surface area contributed by atoms with E-state index in [0.717, 1.165) is 58.8 Å². The van der Waals surface area contributed by atoms with E-state index >= 15 is 0 Å². The van der Waals surface area contributed by atoms with Gasteiger partial charge in [0.25, 0.3) is 17.5 Å². The van der Waals surface area contributed by atoms with Crippen molar-refractivity contribution < 1.29 is 24.0 Å². The number of hydrogen-bond donors (Lipinski definition) is 1. The van der Waals surface area contributed by atoms with Crippen molar-refractivity contribution in [2.75, 3.05) is 22.9 Å². The summed E-state index contributed by atoms with van der Waals surface area (Å²) in [5.41, 5.74) is 6.71. The van der Waals surface area contributed by atoms with Crippen LogP contribution in [0, 0.1) is 10.1 Å². The molecule has 53 heavy (non-hydrogen) atoms. The molecule has 4 amide bonds. The number of nitro benzene ring substituents is 1. The Morgan fingerprint density at radius 1 is 0.811 bits per heavy atom. The van der Waals surface area contributed by atoms with Crippen molar-refractivity contribution in [3.05, 3.63) is 169 Å². The molecule has 0 radical (unpaired) electrons. The van der Waals surface area contributed by atoms with Crippen molar-refractivity contribution in [2.45, 2.75) is 31.3 Å². The van der Waals surface area contributed by atoms with Crippen LogP contribution in [0.2, 0.25) is 5.02 Å². The molecule has 8 rings (SSSR count). The Balaban J connectivity index is 1.14. The number of carbonyl (C=O) groups excluding carboxylic acids is 3. The zero-order valence-electron chi connectivity index (χ0n) is 28.4. The molecule has 0 aromatic heterocycles. The summed E-state index contributed by atoms with van der Waals surface area (Å²) in [7, 11) is 0. The number of non-ortho nitro benzene ring substituents is 1. The van der Waals surface area contributed by atoms with Crippen molar-refractivity contribution in [1.82, 2.24) is 5.32 Å². The summed E-state index contributed by atoms with van der Waals surface area (Å²) in [4.78, 5) is 55.2. The second kappa shape index (κ2) is 14.0. The van der Waals surface area contributed by atoms with E-state index in [9.17, 15) is 24.5 Å². The molecule has 264 valence electrons. The fourth-order valence-corrected chi connectivity index (χ4v) is 7.92. The van der Waals surface area contributed by atoms with Gasteiger partial charge < -0.3 is 9.64 Å². The number of benzene rings is 5. The Kier molecular flexibility index (Phi) is 8.97. The third-order valence-corrected chi connectivity index (χ3v) is 10.4. The Morgan fingerprint density at radius 2 is 1.45 bits per heavy atom. The third-order valence-electron chi connectivity index (χ3n) is 10.1. The number of anilines is 2. The summed E-state index contributed by atoms with van der Waals surface area (Å²) in [6, 6.07) is 34.5. The maximum Gasteiger partial charge on any atom is 0.335 e. The molecule has 0 saturated carbocycles. The number of carbonyl (C=O) groups is 3. The Hall–Kier alpha value is -6.26. The number of nitrogens with one attached hydrogen (secondary N) is 1. The van der Waals surface area contributed by atoms with Crippen LogP contribution in [0.15, 0.2) is 121 Å². The van der Waals surface area contributed by atoms with Crippen molar-refractivity contribution in [1.29, 1.82) is 0 Å². The monoisotopic (exact) mass is 724 g/mol. The Labute approximate surface area is 310 Å². The van der Waals surface area contributed by atoms with Gasteiger partial charge in [0.05, 0.1) is 15.6 Å². The van der Waals surface area contributed by atoms with E-state index in [1.807, 2.05) is 48.5 Å². The first-order chi connectivity index (χ1) is 25.7. The fourth-order valence-electron chi connectivity index (χ4n) is 7.67. The molecule has 2 atom stereocenters. The van der Waals surface area contributed by atoms with Gasteiger partial charge in [-0.25, -0.2) is 9.69 Å². The van der Waals surface area contributed by atoms with Crippen LogP contribution in [-0.4, -0.2) is 35.9 Å². The number of nitrogens with zero attached hydrogens (tertiary/aromatic N) is 3. The van der Waals surface area contributed by atoms with E-state index in [-0.39, 0.29) is 34.7 Å². The smallest absolute Gasteiger partial charge is 0.335 e. The number of imide groups is 2. The van der Waals surface area contributed by atoms with E-state index < -0.39 is 22.8 Å². The predicted molar refractivity (Wildman–Crippen MR) is 202 cm³/mol. The summed E-state index contributed by atoms with van der Waals surface area (Å²) in [5, 5.41) is 13.7. The maximum absolute atomic E-state index is 14.2. The van der Waals surface area contributed by atoms with Crippen molar-refractivity contribution in [3.63, 3.8) is 0 Å². The SMILES string of the molecule is O=C1NC(=O)N(c2cc3c4c(c2)[C@H](c2ccccc2)CCN4CC[C@@H]3c2ccccc2)C(=O)/C1=C/c1ccc(OCc2cccc([N+](=O)[O-])c2)c(Cl)c1. The molecule has 0 aliphatic carbocycles. The highest BCUT2D eigenvalue weighted by Gasteiger charge is 2.40. The van der Waals surface area contributed by atoms with Gasteiger partial charge in [-0.3, -0.25) is 25.0 Å². The number of hydrogen-bond acceptors (Lipinski definition) is 7. The Bertz CT molecular complexity index is 2240. The maximum atomic E-state index is 14.2. The summed E-state index contributed by atoms with van der Waals surface area (Å²) < 4.78 is 5.82. The molecule has 1 N–H and O–H groups in total. The molecular weight excluding hydrogens is 692 g/mol. The lowest BCUT2D eigenvalue weighted by Gasteiger charge is -2.44. The van der Waals surface area contributed by atoms with Gasteiger partial charge in [-0.1, -0.05) is 90.5 Å². The van der Waals surface area contributed by atoms with Crippen LogP contribution in [0.3, 0.4) is 0 Å². The van der Waals surface area contributed by atoms with E-state index in [1.165, 1.54) is 18.2 Å². The molecule has 1 saturated heterocycles. The predicted octanol–water partition coefficient (Wildman–Crippen LogP) is 8.37. The van der Waals surface area contributed by atoms with Gasteiger partial charge in [-0.05, 0) is 76.6 Å². The molecule has 11 heteroatoms. The normalized spacial score (nSPS) is 18.8. The van der Waals surface area contributed by atoms with Crippen LogP contribution in [0.25, 0.3) is 6.08 Å². The quantitative estimate of drug-likeness (QED) is 0.0739. The van der Waals surface area contributed by atoms with Crippen LogP contribution in [0.5, 0.6) is 5.75 Å². The molecule has 3 aliphatic heterocycles. The first-order valence-electron chi connectivity index (χ1n) is 17.3. The minimum atomic E-state index is -0.816. The van der Waals surface area contributed by atoms with E-state index in [0.29, 0.717) is 22.6 Å².